The Morgan fingerprint density at radius 1 is 0.295 bits per heavy atom. The normalized spacial score (nSPS) is 13.5. The van der Waals surface area contributed by atoms with Crippen LogP contribution < -0.4 is 0 Å². The van der Waals surface area contributed by atoms with E-state index < -0.39 is 0 Å². The summed E-state index contributed by atoms with van der Waals surface area (Å²) in [6, 6.07) is 54.4. The molecule has 0 fully saturated rings. The molecule has 0 spiro atoms. The van der Waals surface area contributed by atoms with Gasteiger partial charge < -0.3 is 0 Å². The maximum Gasteiger partial charge on any atom is 0.0718 e. The van der Waals surface area contributed by atoms with Gasteiger partial charge >= 0.3 is 0 Å². The van der Waals surface area contributed by atoms with Crippen LogP contribution in [0.2, 0.25) is 0 Å². The van der Waals surface area contributed by atoms with Gasteiger partial charge in [0.05, 0.1) is 11.8 Å². The number of hydrogen-bond donors (Lipinski definition) is 0. The number of unbranched alkanes of at least 4 members (excludes halogenated alkanes) is 12. The molecule has 0 nitrogen and oxygen atoms in total. The molecule has 0 N–H and O–H groups in total. The molecule has 0 aliphatic heterocycles. The fourth-order valence-corrected chi connectivity index (χ4v) is 12.0. The van der Waals surface area contributed by atoms with Gasteiger partial charge in [0.1, 0.15) is 0 Å². The van der Waals surface area contributed by atoms with Crippen LogP contribution in [0.15, 0.2) is 146 Å². The highest BCUT2D eigenvalue weighted by molar-refractivity contribution is 6.17. The molecule has 0 heteroatoms. The minimum absolute atomic E-state index is 0.195. The minimum atomic E-state index is -0.195. The van der Waals surface area contributed by atoms with Gasteiger partial charge in [-0.15, -0.1) is 0 Å². The standard InChI is InChI=1S/C78H78/c1-5-9-13-17-23-57-31-39-61(40-32-57)47-51-65-55-73-69(53-49-63-43-35-59(36-44-63)25-19-15-11-7-3)72-30-22-28-68-66(52-48-62-41-33-58(34-42-62)24-18-14-10-6-2)56-74-70(54-50-64-45-37-60(38-46-64)26-20-16-12-8-4)71-29-21-27-67(65)75(71)77(73)78(74)76(68)72/h21-22,27-46,55-56,69-70H,5-20,23-26H2,1-4H3. The van der Waals surface area contributed by atoms with Crippen LogP contribution in [0.5, 0.6) is 0 Å². The third kappa shape index (κ3) is 12.8. The van der Waals surface area contributed by atoms with Crippen LogP contribution in [-0.2, 0) is 25.7 Å². The van der Waals surface area contributed by atoms with E-state index in [1.807, 2.05) is 0 Å². The number of benzene rings is 8. The molecule has 390 valence electrons. The van der Waals surface area contributed by atoms with Crippen LogP contribution in [0.3, 0.4) is 0 Å². The predicted octanol–water partition coefficient (Wildman–Crippen LogP) is 19.9. The fourth-order valence-electron chi connectivity index (χ4n) is 12.0. The molecule has 2 aliphatic rings. The van der Waals surface area contributed by atoms with Crippen LogP contribution in [0, 0.1) is 47.4 Å². The van der Waals surface area contributed by atoms with Gasteiger partial charge in [0, 0.05) is 33.4 Å². The molecule has 0 saturated carbocycles. The molecule has 0 aromatic heterocycles. The summed E-state index contributed by atoms with van der Waals surface area (Å²) >= 11 is 0. The van der Waals surface area contributed by atoms with Gasteiger partial charge in [0.2, 0.25) is 0 Å². The number of aryl methyl sites for hydroxylation is 4. The lowest BCUT2D eigenvalue weighted by molar-refractivity contribution is 0.667. The van der Waals surface area contributed by atoms with Gasteiger partial charge in [0.15, 0.2) is 0 Å². The summed E-state index contributed by atoms with van der Waals surface area (Å²) in [6.45, 7) is 9.10. The Kier molecular flexibility index (Phi) is 18.5. The molecule has 8 aromatic carbocycles. The van der Waals surface area contributed by atoms with Crippen molar-refractivity contribution in [3.8, 4) is 58.5 Å². The highest BCUT2D eigenvalue weighted by Gasteiger charge is 2.37. The van der Waals surface area contributed by atoms with Crippen LogP contribution in [0.25, 0.3) is 32.7 Å². The lowest BCUT2D eigenvalue weighted by atomic mass is 9.66. The summed E-state index contributed by atoms with van der Waals surface area (Å²) in [5.74, 6) is 29.7. The molecule has 8 aromatic rings. The minimum Gasteiger partial charge on any atom is -0.0848 e. The van der Waals surface area contributed by atoms with Crippen molar-refractivity contribution in [2.75, 3.05) is 0 Å². The smallest absolute Gasteiger partial charge is 0.0718 e. The molecule has 0 radical (unpaired) electrons. The van der Waals surface area contributed by atoms with Crippen molar-refractivity contribution in [2.45, 2.75) is 168 Å². The summed E-state index contributed by atoms with van der Waals surface area (Å²) in [4.78, 5) is 0. The van der Waals surface area contributed by atoms with Gasteiger partial charge in [0.25, 0.3) is 0 Å². The quantitative estimate of drug-likeness (QED) is 0.0527. The molecule has 2 atom stereocenters. The van der Waals surface area contributed by atoms with E-state index in [-0.39, 0.29) is 11.8 Å². The van der Waals surface area contributed by atoms with Crippen LogP contribution in [0.4, 0.5) is 0 Å². The van der Waals surface area contributed by atoms with Gasteiger partial charge in [-0.1, -0.05) is 237 Å². The van der Waals surface area contributed by atoms with Crippen molar-refractivity contribution in [3.63, 3.8) is 0 Å². The molecule has 0 amide bonds. The topological polar surface area (TPSA) is 0 Å². The fraction of sp³-hybridized carbons (Fsp3) is 0.333. The zero-order chi connectivity index (χ0) is 53.5. The second-order valence-electron chi connectivity index (χ2n) is 22.3. The molecule has 2 aliphatic carbocycles. The van der Waals surface area contributed by atoms with E-state index in [4.69, 9.17) is 0 Å². The Morgan fingerprint density at radius 3 is 0.910 bits per heavy atom. The molecule has 2 unspecified atom stereocenters. The van der Waals surface area contributed by atoms with Crippen molar-refractivity contribution in [2.24, 2.45) is 0 Å². The average molecular weight is 1020 g/mol. The van der Waals surface area contributed by atoms with Gasteiger partial charge in [-0.25, -0.2) is 0 Å². The summed E-state index contributed by atoms with van der Waals surface area (Å²) in [5, 5.41) is 4.84. The highest BCUT2D eigenvalue weighted by Crippen LogP contribution is 2.56. The van der Waals surface area contributed by atoms with Crippen LogP contribution >= 0.6 is 0 Å². The third-order valence-electron chi connectivity index (χ3n) is 16.4. The van der Waals surface area contributed by atoms with Crippen molar-refractivity contribution < 1.29 is 0 Å². The Hall–Kier alpha value is -7.48. The maximum absolute atomic E-state index is 3.93. The monoisotopic (exact) mass is 1010 g/mol. The molecular weight excluding hydrogens is 937 g/mol. The average Bonchev–Trinajstić information content (AvgIpc) is 3.66. The van der Waals surface area contributed by atoms with Crippen LogP contribution in [-0.4, -0.2) is 0 Å². The Morgan fingerprint density at radius 2 is 0.603 bits per heavy atom. The predicted molar refractivity (Wildman–Crippen MR) is 333 cm³/mol. The van der Waals surface area contributed by atoms with E-state index in [0.29, 0.717) is 0 Å². The Balaban J connectivity index is 1.13. The Labute approximate surface area is 468 Å². The van der Waals surface area contributed by atoms with Gasteiger partial charge in [-0.3, -0.25) is 0 Å². The van der Waals surface area contributed by atoms with E-state index in [0.717, 1.165) is 59.1 Å². The second-order valence-corrected chi connectivity index (χ2v) is 22.3. The molecule has 10 rings (SSSR count). The summed E-state index contributed by atoms with van der Waals surface area (Å²) in [6.07, 6.45) is 24.7. The van der Waals surface area contributed by atoms with E-state index in [1.165, 1.54) is 180 Å². The number of rotatable bonds is 20. The third-order valence-corrected chi connectivity index (χ3v) is 16.4. The summed E-state index contributed by atoms with van der Waals surface area (Å²) in [5.41, 5.74) is 19.2. The second kappa shape index (κ2) is 26.7. The largest absolute Gasteiger partial charge is 0.0848 e. The molecular formula is C78H78. The van der Waals surface area contributed by atoms with Gasteiger partial charge in [-0.2, -0.15) is 0 Å². The first-order valence-corrected chi connectivity index (χ1v) is 30.2. The van der Waals surface area contributed by atoms with E-state index in [2.05, 4.69) is 221 Å². The van der Waals surface area contributed by atoms with Crippen molar-refractivity contribution in [1.82, 2.24) is 0 Å². The lowest BCUT2D eigenvalue weighted by Crippen LogP contribution is -2.17. The highest BCUT2D eigenvalue weighted by atomic mass is 14.4. The molecule has 0 saturated heterocycles. The zero-order valence-electron chi connectivity index (χ0n) is 47.2. The molecule has 78 heavy (non-hydrogen) atoms. The zero-order valence-corrected chi connectivity index (χ0v) is 47.2. The summed E-state index contributed by atoms with van der Waals surface area (Å²) < 4.78 is 0. The van der Waals surface area contributed by atoms with E-state index >= 15 is 0 Å². The van der Waals surface area contributed by atoms with Crippen molar-refractivity contribution >= 4 is 21.5 Å². The van der Waals surface area contributed by atoms with Gasteiger partial charge in [-0.05, 0) is 189 Å². The maximum atomic E-state index is 3.93. The Bertz CT molecular complexity index is 3360. The van der Waals surface area contributed by atoms with E-state index in [1.54, 1.807) is 0 Å². The number of hydrogen-bond acceptors (Lipinski definition) is 0. The molecule has 0 bridgehead atoms. The lowest BCUT2D eigenvalue weighted by Gasteiger charge is -2.35. The van der Waals surface area contributed by atoms with Crippen molar-refractivity contribution in [1.29, 1.82) is 0 Å². The first-order valence-electron chi connectivity index (χ1n) is 30.2. The first-order chi connectivity index (χ1) is 38.5. The molecule has 0 heterocycles. The SMILES string of the molecule is CCCCCCc1ccc(C#Cc2cc3c4c5c(cccc25)C(C#Cc2ccc(CCCCCC)cc2)c2cc(C#Cc5ccc(CCCCCC)cc5)c5cccc(c5c2-4)C3C#Cc2ccc(CCCCCC)cc2)cc1. The van der Waals surface area contributed by atoms with E-state index in [9.17, 15) is 0 Å². The van der Waals surface area contributed by atoms with Crippen molar-refractivity contribution in [3.05, 3.63) is 223 Å². The summed E-state index contributed by atoms with van der Waals surface area (Å²) in [7, 11) is 0. The first kappa shape index (κ1) is 53.9. The van der Waals surface area contributed by atoms with Crippen LogP contribution in [0.1, 0.15) is 220 Å².